The Morgan fingerprint density at radius 2 is 1.50 bits per heavy atom. The average molecular weight is 398 g/mol. The number of benzene rings is 3. The maximum Gasteiger partial charge on any atom is 0.179 e. The summed E-state index contributed by atoms with van der Waals surface area (Å²) < 4.78 is 17.1. The van der Waals surface area contributed by atoms with Crippen molar-refractivity contribution in [2.45, 2.75) is 20.4 Å². The van der Waals surface area contributed by atoms with Gasteiger partial charge in [0.05, 0.1) is 18.2 Å². The fraction of sp³-hybridized carbons (Fsp3) is 0.217. The highest BCUT2D eigenvalue weighted by atomic mass is 35.5. The second-order valence-electron chi connectivity index (χ2n) is 6.06. The van der Waals surface area contributed by atoms with E-state index in [1.165, 1.54) is 0 Å². The van der Waals surface area contributed by atoms with Crippen molar-refractivity contribution in [1.29, 1.82) is 0 Å². The number of rotatable bonds is 9. The molecule has 0 radical (unpaired) electrons. The number of para-hydroxylation sites is 1. The molecule has 0 saturated heterocycles. The molecular weight excluding hydrogens is 374 g/mol. The molecule has 146 valence electrons. The van der Waals surface area contributed by atoms with Crippen molar-refractivity contribution in [2.75, 3.05) is 18.5 Å². The van der Waals surface area contributed by atoms with Crippen LogP contribution >= 0.6 is 11.6 Å². The summed E-state index contributed by atoms with van der Waals surface area (Å²) in [7, 11) is 0. The summed E-state index contributed by atoms with van der Waals surface area (Å²) in [6, 6.07) is 21.4. The minimum Gasteiger partial charge on any atom is -0.490 e. The molecule has 0 aliphatic rings. The first-order valence-corrected chi connectivity index (χ1v) is 9.72. The van der Waals surface area contributed by atoms with Crippen LogP contribution in [0.4, 0.5) is 5.69 Å². The van der Waals surface area contributed by atoms with Crippen LogP contribution < -0.4 is 19.5 Å². The number of hydrogen-bond donors (Lipinski definition) is 1. The molecule has 3 aromatic carbocycles. The van der Waals surface area contributed by atoms with Gasteiger partial charge in [0.25, 0.3) is 0 Å². The third-order valence-corrected chi connectivity index (χ3v) is 4.27. The average Bonchev–Trinajstić information content (AvgIpc) is 2.71. The quantitative estimate of drug-likeness (QED) is 0.444. The summed E-state index contributed by atoms with van der Waals surface area (Å²) in [5.41, 5.74) is 2.00. The Labute approximate surface area is 171 Å². The number of ether oxygens (including phenoxy) is 3. The molecule has 0 saturated carbocycles. The van der Waals surface area contributed by atoms with Gasteiger partial charge < -0.3 is 19.5 Å². The molecule has 0 spiro atoms. The SMILES string of the molecule is CCOc1cc(CNc2ccc(Oc3ccccc3)cc2)cc(Cl)c1OCC. The smallest absolute Gasteiger partial charge is 0.179 e. The highest BCUT2D eigenvalue weighted by molar-refractivity contribution is 6.32. The summed E-state index contributed by atoms with van der Waals surface area (Å²) in [6.07, 6.45) is 0. The normalized spacial score (nSPS) is 10.4. The second kappa shape index (κ2) is 9.90. The van der Waals surface area contributed by atoms with Crippen LogP contribution in [0.2, 0.25) is 5.02 Å². The maximum atomic E-state index is 6.38. The van der Waals surface area contributed by atoms with Crippen molar-refractivity contribution in [3.8, 4) is 23.0 Å². The molecule has 28 heavy (non-hydrogen) atoms. The van der Waals surface area contributed by atoms with Crippen molar-refractivity contribution in [3.05, 3.63) is 77.3 Å². The lowest BCUT2D eigenvalue weighted by atomic mass is 10.2. The van der Waals surface area contributed by atoms with Gasteiger partial charge in [0.2, 0.25) is 0 Å². The zero-order valence-corrected chi connectivity index (χ0v) is 16.8. The molecule has 0 amide bonds. The van der Waals surface area contributed by atoms with E-state index in [2.05, 4.69) is 5.32 Å². The number of nitrogens with one attached hydrogen (secondary N) is 1. The molecule has 0 heterocycles. The van der Waals surface area contributed by atoms with Gasteiger partial charge in [-0.15, -0.1) is 0 Å². The predicted octanol–water partition coefficient (Wildman–Crippen LogP) is 6.54. The summed E-state index contributed by atoms with van der Waals surface area (Å²) in [6.45, 7) is 5.57. The van der Waals surface area contributed by atoms with E-state index in [-0.39, 0.29) is 0 Å². The molecule has 0 unspecified atom stereocenters. The molecule has 3 aromatic rings. The monoisotopic (exact) mass is 397 g/mol. The fourth-order valence-corrected chi connectivity index (χ4v) is 3.03. The van der Waals surface area contributed by atoms with Crippen molar-refractivity contribution >= 4 is 17.3 Å². The topological polar surface area (TPSA) is 39.7 Å². The molecule has 0 aliphatic carbocycles. The predicted molar refractivity (Wildman–Crippen MR) is 114 cm³/mol. The lowest BCUT2D eigenvalue weighted by molar-refractivity contribution is 0.287. The summed E-state index contributed by atoms with van der Waals surface area (Å²) in [5, 5.41) is 3.94. The summed E-state index contributed by atoms with van der Waals surface area (Å²) in [5.74, 6) is 2.87. The van der Waals surface area contributed by atoms with E-state index in [4.69, 9.17) is 25.8 Å². The first kappa shape index (κ1) is 19.9. The van der Waals surface area contributed by atoms with Gasteiger partial charge in [0.15, 0.2) is 11.5 Å². The van der Waals surface area contributed by atoms with Gasteiger partial charge >= 0.3 is 0 Å². The van der Waals surface area contributed by atoms with Gasteiger partial charge in [-0.05, 0) is 67.9 Å². The Morgan fingerprint density at radius 3 is 2.18 bits per heavy atom. The van der Waals surface area contributed by atoms with E-state index in [0.717, 1.165) is 22.7 Å². The number of halogens is 1. The van der Waals surface area contributed by atoms with E-state index in [0.29, 0.717) is 36.3 Å². The van der Waals surface area contributed by atoms with Crippen molar-refractivity contribution in [2.24, 2.45) is 0 Å². The highest BCUT2D eigenvalue weighted by Gasteiger charge is 2.12. The van der Waals surface area contributed by atoms with Crippen LogP contribution in [0.25, 0.3) is 0 Å². The van der Waals surface area contributed by atoms with Gasteiger partial charge in [-0.3, -0.25) is 0 Å². The first-order valence-electron chi connectivity index (χ1n) is 9.34. The Balaban J connectivity index is 1.65. The Morgan fingerprint density at radius 1 is 0.821 bits per heavy atom. The molecule has 0 aromatic heterocycles. The van der Waals surface area contributed by atoms with Gasteiger partial charge in [-0.2, -0.15) is 0 Å². The van der Waals surface area contributed by atoms with Crippen molar-refractivity contribution in [1.82, 2.24) is 0 Å². The van der Waals surface area contributed by atoms with Gasteiger partial charge in [-0.25, -0.2) is 0 Å². The third kappa shape index (κ3) is 5.33. The zero-order valence-electron chi connectivity index (χ0n) is 16.1. The largest absolute Gasteiger partial charge is 0.490 e. The van der Waals surface area contributed by atoms with Crippen LogP contribution in [0.1, 0.15) is 19.4 Å². The standard InChI is InChI=1S/C23H24ClNO3/c1-3-26-22-15-17(14-21(24)23(22)27-4-2)16-25-18-10-12-20(13-11-18)28-19-8-6-5-7-9-19/h5-15,25H,3-4,16H2,1-2H3. The van der Waals surface area contributed by atoms with E-state index in [1.54, 1.807) is 0 Å². The molecule has 0 bridgehead atoms. The fourth-order valence-electron chi connectivity index (χ4n) is 2.74. The minimum absolute atomic E-state index is 0.537. The first-order chi connectivity index (χ1) is 13.7. The van der Waals surface area contributed by atoms with E-state index in [1.807, 2.05) is 80.6 Å². The minimum atomic E-state index is 0.537. The van der Waals surface area contributed by atoms with Crippen LogP contribution in [0.5, 0.6) is 23.0 Å². The van der Waals surface area contributed by atoms with Crippen LogP contribution in [0.3, 0.4) is 0 Å². The van der Waals surface area contributed by atoms with Crippen LogP contribution in [0, 0.1) is 0 Å². The number of hydrogen-bond acceptors (Lipinski definition) is 4. The third-order valence-electron chi connectivity index (χ3n) is 3.99. The molecule has 4 nitrogen and oxygen atoms in total. The lowest BCUT2D eigenvalue weighted by Crippen LogP contribution is -2.03. The molecular formula is C23H24ClNO3. The summed E-state index contributed by atoms with van der Waals surface area (Å²) in [4.78, 5) is 0. The van der Waals surface area contributed by atoms with Gasteiger partial charge in [-0.1, -0.05) is 29.8 Å². The summed E-state index contributed by atoms with van der Waals surface area (Å²) >= 11 is 6.38. The van der Waals surface area contributed by atoms with Crippen molar-refractivity contribution in [3.63, 3.8) is 0 Å². The van der Waals surface area contributed by atoms with E-state index in [9.17, 15) is 0 Å². The molecule has 5 heteroatoms. The lowest BCUT2D eigenvalue weighted by Gasteiger charge is -2.15. The number of anilines is 1. The molecule has 1 N–H and O–H groups in total. The van der Waals surface area contributed by atoms with E-state index < -0.39 is 0 Å². The van der Waals surface area contributed by atoms with Gasteiger partial charge in [0, 0.05) is 12.2 Å². The Bertz CT molecular complexity index is 882. The maximum absolute atomic E-state index is 6.38. The molecule has 0 aliphatic heterocycles. The molecule has 0 fully saturated rings. The van der Waals surface area contributed by atoms with E-state index >= 15 is 0 Å². The molecule has 0 atom stereocenters. The van der Waals surface area contributed by atoms with Crippen LogP contribution in [-0.2, 0) is 6.54 Å². The Hall–Kier alpha value is -2.85. The Kier molecular flexibility index (Phi) is 7.04. The second-order valence-corrected chi connectivity index (χ2v) is 6.47. The van der Waals surface area contributed by atoms with Crippen molar-refractivity contribution < 1.29 is 14.2 Å². The zero-order chi connectivity index (χ0) is 19.8. The van der Waals surface area contributed by atoms with Crippen LogP contribution in [0.15, 0.2) is 66.7 Å². The van der Waals surface area contributed by atoms with Gasteiger partial charge in [0.1, 0.15) is 11.5 Å². The highest BCUT2D eigenvalue weighted by Crippen LogP contribution is 2.37. The van der Waals surface area contributed by atoms with Crippen LogP contribution in [-0.4, -0.2) is 13.2 Å². The molecule has 3 rings (SSSR count).